The summed E-state index contributed by atoms with van der Waals surface area (Å²) in [7, 11) is 0. The van der Waals surface area contributed by atoms with E-state index in [1.165, 1.54) is 0 Å². The summed E-state index contributed by atoms with van der Waals surface area (Å²) >= 11 is 0. The van der Waals surface area contributed by atoms with Gasteiger partial charge in [0.1, 0.15) is 0 Å². The Hall–Kier alpha value is -2.89. The molecule has 0 unspecified atom stereocenters. The molecule has 26 heavy (non-hydrogen) atoms. The molecule has 0 aliphatic carbocycles. The maximum absolute atomic E-state index is 12.4. The predicted molar refractivity (Wildman–Crippen MR) is 99.2 cm³/mol. The highest BCUT2D eigenvalue weighted by Crippen LogP contribution is 2.18. The van der Waals surface area contributed by atoms with E-state index in [4.69, 9.17) is 4.52 Å². The van der Waals surface area contributed by atoms with Crippen LogP contribution in [0.2, 0.25) is 0 Å². The van der Waals surface area contributed by atoms with Gasteiger partial charge in [-0.2, -0.15) is 5.10 Å². The second-order valence-corrected chi connectivity index (χ2v) is 6.72. The van der Waals surface area contributed by atoms with Crippen LogP contribution in [0.5, 0.6) is 0 Å². The van der Waals surface area contributed by atoms with Gasteiger partial charge in [0.05, 0.1) is 30.0 Å². The number of benzene rings is 1. The molecule has 2 heterocycles. The van der Waals surface area contributed by atoms with Crippen LogP contribution in [0.1, 0.15) is 48.2 Å². The number of nitrogens with zero attached hydrogens (tertiary/aromatic N) is 3. The minimum atomic E-state index is -0.0636. The largest absolute Gasteiger partial charge is 0.359 e. The lowest BCUT2D eigenvalue weighted by Gasteiger charge is -2.06. The van der Waals surface area contributed by atoms with E-state index in [9.17, 15) is 4.79 Å². The molecule has 0 saturated carbocycles. The summed E-state index contributed by atoms with van der Waals surface area (Å²) in [4.78, 5) is 12.4. The van der Waals surface area contributed by atoms with Crippen LogP contribution in [-0.2, 0) is 17.8 Å². The van der Waals surface area contributed by atoms with Gasteiger partial charge in [-0.25, -0.2) is 4.68 Å². The fourth-order valence-electron chi connectivity index (χ4n) is 2.84. The average Bonchev–Trinajstić information content (AvgIpc) is 3.21. The molecule has 136 valence electrons. The van der Waals surface area contributed by atoms with Gasteiger partial charge in [-0.3, -0.25) is 4.79 Å². The van der Waals surface area contributed by atoms with Crippen molar-refractivity contribution in [2.24, 2.45) is 0 Å². The molecule has 0 fully saturated rings. The molecule has 0 saturated heterocycles. The van der Waals surface area contributed by atoms with E-state index in [0.717, 1.165) is 28.3 Å². The van der Waals surface area contributed by atoms with Crippen LogP contribution in [0.4, 0.5) is 0 Å². The van der Waals surface area contributed by atoms with Crippen LogP contribution in [-0.4, -0.2) is 20.8 Å². The highest BCUT2D eigenvalue weighted by molar-refractivity contribution is 5.79. The predicted octanol–water partition coefficient (Wildman–Crippen LogP) is 3.46. The molecule has 1 N–H and O–H groups in total. The summed E-state index contributed by atoms with van der Waals surface area (Å²) in [5, 5.41) is 11.5. The smallest absolute Gasteiger partial charge is 0.224 e. The van der Waals surface area contributed by atoms with Crippen molar-refractivity contribution in [3.63, 3.8) is 0 Å². The van der Waals surface area contributed by atoms with Crippen LogP contribution < -0.4 is 5.32 Å². The topological polar surface area (TPSA) is 73.0 Å². The lowest BCUT2D eigenvalue weighted by molar-refractivity contribution is -0.120. The normalized spacial score (nSPS) is 11.1. The molecule has 0 spiro atoms. The molecule has 0 aliphatic heterocycles. The maximum atomic E-state index is 12.4. The van der Waals surface area contributed by atoms with Gasteiger partial charge in [-0.15, -0.1) is 0 Å². The fraction of sp³-hybridized carbons (Fsp3) is 0.350. The lowest BCUT2D eigenvalue weighted by atomic mass is 10.1. The highest BCUT2D eigenvalue weighted by atomic mass is 16.5. The Morgan fingerprint density at radius 1 is 1.23 bits per heavy atom. The molecular weight excluding hydrogens is 328 g/mol. The molecule has 0 atom stereocenters. The molecule has 6 heteroatoms. The van der Waals surface area contributed by atoms with Crippen LogP contribution >= 0.6 is 0 Å². The molecule has 0 aliphatic rings. The molecule has 2 aromatic heterocycles. The number of hydrogen-bond acceptors (Lipinski definition) is 4. The van der Waals surface area contributed by atoms with E-state index in [1.807, 2.05) is 54.9 Å². The van der Waals surface area contributed by atoms with E-state index >= 15 is 0 Å². The Bertz CT molecular complexity index is 894. The molecular formula is C20H24N4O2. The number of aryl methyl sites for hydroxylation is 1. The first-order valence-electron chi connectivity index (χ1n) is 8.78. The number of amides is 1. The third kappa shape index (κ3) is 3.85. The lowest BCUT2D eigenvalue weighted by Crippen LogP contribution is -2.24. The molecule has 3 rings (SSSR count). The van der Waals surface area contributed by atoms with Gasteiger partial charge >= 0.3 is 0 Å². The van der Waals surface area contributed by atoms with Gasteiger partial charge in [0.25, 0.3) is 0 Å². The zero-order valence-electron chi connectivity index (χ0n) is 15.6. The SMILES string of the molecule is Cc1nn(-c2ccccc2)c(C)c1CC(=O)NCc1cc(C(C)C)no1. The minimum absolute atomic E-state index is 0.0636. The number of carbonyl (C=O) groups excluding carboxylic acids is 1. The van der Waals surface area contributed by atoms with Crippen molar-refractivity contribution >= 4 is 5.91 Å². The number of rotatable bonds is 6. The minimum Gasteiger partial charge on any atom is -0.359 e. The average molecular weight is 352 g/mol. The molecule has 1 aromatic carbocycles. The van der Waals surface area contributed by atoms with Gasteiger partial charge in [0.2, 0.25) is 5.91 Å². The second kappa shape index (κ2) is 7.56. The van der Waals surface area contributed by atoms with Crippen molar-refractivity contribution in [1.29, 1.82) is 0 Å². The van der Waals surface area contributed by atoms with Crippen molar-refractivity contribution in [1.82, 2.24) is 20.3 Å². The van der Waals surface area contributed by atoms with Crippen molar-refractivity contribution in [2.45, 2.75) is 46.6 Å². The summed E-state index contributed by atoms with van der Waals surface area (Å²) in [5.41, 5.74) is 4.67. The number of carbonyl (C=O) groups is 1. The Morgan fingerprint density at radius 3 is 2.62 bits per heavy atom. The summed E-state index contributed by atoms with van der Waals surface area (Å²) in [6.45, 7) is 8.36. The zero-order chi connectivity index (χ0) is 18.7. The Morgan fingerprint density at radius 2 is 1.96 bits per heavy atom. The van der Waals surface area contributed by atoms with Gasteiger partial charge in [0, 0.05) is 17.3 Å². The molecule has 6 nitrogen and oxygen atoms in total. The molecule has 0 bridgehead atoms. The monoisotopic (exact) mass is 352 g/mol. The summed E-state index contributed by atoms with van der Waals surface area (Å²) in [6.07, 6.45) is 0.287. The van der Waals surface area contributed by atoms with Crippen molar-refractivity contribution in [2.75, 3.05) is 0 Å². The molecule has 0 radical (unpaired) electrons. The Balaban J connectivity index is 1.66. The van der Waals surface area contributed by atoms with Crippen LogP contribution in [0.25, 0.3) is 5.69 Å². The Kier molecular flexibility index (Phi) is 5.21. The number of nitrogens with one attached hydrogen (secondary N) is 1. The third-order valence-electron chi connectivity index (χ3n) is 4.41. The van der Waals surface area contributed by atoms with E-state index in [1.54, 1.807) is 0 Å². The van der Waals surface area contributed by atoms with Crippen molar-refractivity contribution in [3.05, 3.63) is 64.8 Å². The van der Waals surface area contributed by atoms with E-state index in [-0.39, 0.29) is 12.3 Å². The Labute approximate surface area is 153 Å². The first-order chi connectivity index (χ1) is 12.5. The number of hydrogen-bond donors (Lipinski definition) is 1. The zero-order valence-corrected chi connectivity index (χ0v) is 15.6. The van der Waals surface area contributed by atoms with Gasteiger partial charge in [0.15, 0.2) is 5.76 Å². The number of para-hydroxylation sites is 1. The van der Waals surface area contributed by atoms with E-state index < -0.39 is 0 Å². The van der Waals surface area contributed by atoms with Crippen LogP contribution in [0, 0.1) is 13.8 Å². The quantitative estimate of drug-likeness (QED) is 0.737. The summed E-state index contributed by atoms with van der Waals surface area (Å²) in [5.74, 6) is 0.902. The summed E-state index contributed by atoms with van der Waals surface area (Å²) in [6, 6.07) is 11.8. The highest BCUT2D eigenvalue weighted by Gasteiger charge is 2.16. The maximum Gasteiger partial charge on any atom is 0.224 e. The van der Waals surface area contributed by atoms with Crippen molar-refractivity contribution in [3.8, 4) is 5.69 Å². The van der Waals surface area contributed by atoms with Crippen LogP contribution in [0.3, 0.4) is 0 Å². The first kappa shape index (κ1) is 17.9. The third-order valence-corrected chi connectivity index (χ3v) is 4.41. The van der Waals surface area contributed by atoms with Gasteiger partial charge in [-0.05, 0) is 31.9 Å². The van der Waals surface area contributed by atoms with Crippen molar-refractivity contribution < 1.29 is 9.32 Å². The van der Waals surface area contributed by atoms with Gasteiger partial charge in [-0.1, -0.05) is 37.2 Å². The molecule has 1 amide bonds. The standard InChI is InChI=1S/C20H24N4O2/c1-13(2)19-10-17(26-23-19)12-21-20(25)11-18-14(3)22-24(15(18)4)16-8-6-5-7-9-16/h5-10,13H,11-12H2,1-4H3,(H,21,25). The van der Waals surface area contributed by atoms with Gasteiger partial charge < -0.3 is 9.84 Å². The van der Waals surface area contributed by atoms with E-state index in [2.05, 4.69) is 29.4 Å². The molecule has 3 aromatic rings. The van der Waals surface area contributed by atoms with E-state index in [0.29, 0.717) is 18.2 Å². The number of aromatic nitrogens is 3. The fourth-order valence-corrected chi connectivity index (χ4v) is 2.84. The first-order valence-corrected chi connectivity index (χ1v) is 8.78. The summed E-state index contributed by atoms with van der Waals surface area (Å²) < 4.78 is 7.13. The van der Waals surface area contributed by atoms with Crippen LogP contribution in [0.15, 0.2) is 40.9 Å². The second-order valence-electron chi connectivity index (χ2n) is 6.72.